The average molecular weight is 380 g/mol. The summed E-state index contributed by atoms with van der Waals surface area (Å²) in [5.41, 5.74) is 3.68. The lowest BCUT2D eigenvalue weighted by Gasteiger charge is -2.38. The van der Waals surface area contributed by atoms with Gasteiger partial charge >= 0.3 is 0 Å². The van der Waals surface area contributed by atoms with Crippen LogP contribution < -0.4 is 0 Å². The number of aromatic nitrogens is 1. The SMILES string of the molecule is Cc1ccc([C@@H]2C[C@@H](C)CN(C(=O)CC3CCN(C)CC3)C2)c2cccnc12. The number of carbonyl (C=O) groups excluding carboxylic acids is 1. The minimum absolute atomic E-state index is 0.362. The van der Waals surface area contributed by atoms with Crippen LogP contribution in [0.5, 0.6) is 0 Å². The fraction of sp³-hybridized carbons (Fsp3) is 0.583. The van der Waals surface area contributed by atoms with Crippen molar-refractivity contribution in [3.05, 3.63) is 41.6 Å². The molecule has 2 fully saturated rings. The molecule has 2 aliphatic rings. The Bertz CT molecular complexity index is 841. The summed E-state index contributed by atoms with van der Waals surface area (Å²) in [6, 6.07) is 8.67. The molecular formula is C24H33N3O. The van der Waals surface area contributed by atoms with Crippen LogP contribution in [0.3, 0.4) is 0 Å². The van der Waals surface area contributed by atoms with Crippen LogP contribution in [0.25, 0.3) is 10.9 Å². The van der Waals surface area contributed by atoms with E-state index in [2.05, 4.69) is 53.9 Å². The first kappa shape index (κ1) is 19.4. The molecule has 0 radical (unpaired) electrons. The Labute approximate surface area is 168 Å². The zero-order valence-electron chi connectivity index (χ0n) is 17.5. The predicted octanol–water partition coefficient (Wildman–Crippen LogP) is 4.23. The van der Waals surface area contributed by atoms with E-state index in [4.69, 9.17) is 0 Å². The molecule has 0 N–H and O–H groups in total. The van der Waals surface area contributed by atoms with Crippen molar-refractivity contribution in [3.8, 4) is 0 Å². The van der Waals surface area contributed by atoms with Crippen molar-refractivity contribution in [1.82, 2.24) is 14.8 Å². The molecule has 28 heavy (non-hydrogen) atoms. The lowest BCUT2D eigenvalue weighted by molar-refractivity contribution is -0.134. The zero-order chi connectivity index (χ0) is 19.7. The number of amides is 1. The number of carbonyl (C=O) groups is 1. The van der Waals surface area contributed by atoms with Crippen LogP contribution in [-0.4, -0.2) is 53.9 Å². The molecule has 0 saturated carbocycles. The van der Waals surface area contributed by atoms with Crippen LogP contribution in [0.1, 0.15) is 49.7 Å². The van der Waals surface area contributed by atoms with Crippen molar-refractivity contribution in [1.29, 1.82) is 0 Å². The Morgan fingerprint density at radius 1 is 1.18 bits per heavy atom. The molecule has 0 bridgehead atoms. The number of piperidine rings is 2. The molecule has 2 aliphatic heterocycles. The monoisotopic (exact) mass is 379 g/mol. The number of nitrogens with zero attached hydrogens (tertiary/aromatic N) is 3. The highest BCUT2D eigenvalue weighted by Crippen LogP contribution is 2.35. The summed E-state index contributed by atoms with van der Waals surface area (Å²) in [6.07, 6.45) is 6.06. The molecule has 1 aromatic carbocycles. The maximum Gasteiger partial charge on any atom is 0.222 e. The molecule has 3 heterocycles. The van der Waals surface area contributed by atoms with Gasteiger partial charge in [0.2, 0.25) is 5.91 Å². The van der Waals surface area contributed by atoms with Gasteiger partial charge in [0.1, 0.15) is 0 Å². The highest BCUT2D eigenvalue weighted by atomic mass is 16.2. The minimum Gasteiger partial charge on any atom is -0.342 e. The Kier molecular flexibility index (Phi) is 5.68. The molecule has 2 atom stereocenters. The molecule has 0 spiro atoms. The second-order valence-electron chi connectivity index (χ2n) is 9.16. The van der Waals surface area contributed by atoms with E-state index in [1.165, 1.54) is 16.5 Å². The fourth-order valence-electron chi connectivity index (χ4n) is 5.11. The zero-order valence-corrected chi connectivity index (χ0v) is 17.5. The number of likely N-dealkylation sites (tertiary alicyclic amines) is 2. The third kappa shape index (κ3) is 4.07. The van der Waals surface area contributed by atoms with Crippen molar-refractivity contribution in [2.75, 3.05) is 33.2 Å². The first-order chi connectivity index (χ1) is 13.5. The van der Waals surface area contributed by atoms with Crippen LogP contribution >= 0.6 is 0 Å². The van der Waals surface area contributed by atoms with Crippen LogP contribution in [-0.2, 0) is 4.79 Å². The molecule has 2 aromatic rings. The van der Waals surface area contributed by atoms with Gasteiger partial charge in [-0.1, -0.05) is 25.1 Å². The average Bonchev–Trinajstić information content (AvgIpc) is 2.70. The van der Waals surface area contributed by atoms with Gasteiger partial charge in [-0.2, -0.15) is 0 Å². The van der Waals surface area contributed by atoms with E-state index in [-0.39, 0.29) is 0 Å². The molecule has 4 heteroatoms. The van der Waals surface area contributed by atoms with E-state index in [1.54, 1.807) is 0 Å². The second-order valence-corrected chi connectivity index (χ2v) is 9.16. The Balaban J connectivity index is 1.51. The normalized spacial score (nSPS) is 24.6. The first-order valence-corrected chi connectivity index (χ1v) is 10.8. The van der Waals surface area contributed by atoms with Crippen molar-refractivity contribution in [3.63, 3.8) is 0 Å². The summed E-state index contributed by atoms with van der Waals surface area (Å²) >= 11 is 0. The lowest BCUT2D eigenvalue weighted by Crippen LogP contribution is -2.43. The molecule has 1 aromatic heterocycles. The van der Waals surface area contributed by atoms with Gasteiger partial charge in [0.05, 0.1) is 5.52 Å². The Morgan fingerprint density at radius 3 is 2.75 bits per heavy atom. The number of hydrogen-bond donors (Lipinski definition) is 0. The standard InChI is InChI=1S/C24H33N3O/c1-17-13-20(21-7-6-18(2)24-22(21)5-4-10-25-24)16-27(15-17)23(28)14-19-8-11-26(3)12-9-19/h4-7,10,17,19-20H,8-9,11-16H2,1-3H3/t17-,20-/m1/s1. The number of rotatable bonds is 3. The summed E-state index contributed by atoms with van der Waals surface area (Å²) in [4.78, 5) is 22.2. The van der Waals surface area contributed by atoms with Crippen molar-refractivity contribution >= 4 is 16.8 Å². The topological polar surface area (TPSA) is 36.4 Å². The van der Waals surface area contributed by atoms with Crippen LogP contribution in [0.15, 0.2) is 30.5 Å². The number of hydrogen-bond acceptors (Lipinski definition) is 3. The van der Waals surface area contributed by atoms with E-state index < -0.39 is 0 Å². The quantitative estimate of drug-likeness (QED) is 0.801. The summed E-state index contributed by atoms with van der Waals surface area (Å²) < 4.78 is 0. The third-order valence-corrected chi connectivity index (χ3v) is 6.76. The number of aryl methyl sites for hydroxylation is 1. The highest BCUT2D eigenvalue weighted by Gasteiger charge is 2.31. The van der Waals surface area contributed by atoms with Crippen molar-refractivity contribution in [2.24, 2.45) is 11.8 Å². The molecule has 4 nitrogen and oxygen atoms in total. The van der Waals surface area contributed by atoms with Gasteiger partial charge in [0, 0.05) is 37.0 Å². The van der Waals surface area contributed by atoms with E-state index in [9.17, 15) is 4.79 Å². The van der Waals surface area contributed by atoms with Crippen molar-refractivity contribution in [2.45, 2.75) is 45.4 Å². The van der Waals surface area contributed by atoms with Crippen LogP contribution in [0, 0.1) is 18.8 Å². The van der Waals surface area contributed by atoms with E-state index in [0.717, 1.165) is 57.4 Å². The predicted molar refractivity (Wildman–Crippen MR) is 114 cm³/mol. The van der Waals surface area contributed by atoms with E-state index in [1.807, 2.05) is 12.3 Å². The highest BCUT2D eigenvalue weighted by molar-refractivity contribution is 5.85. The van der Waals surface area contributed by atoms with E-state index >= 15 is 0 Å². The number of benzene rings is 1. The van der Waals surface area contributed by atoms with Gasteiger partial charge < -0.3 is 9.80 Å². The molecule has 150 valence electrons. The third-order valence-electron chi connectivity index (χ3n) is 6.76. The van der Waals surface area contributed by atoms with Crippen molar-refractivity contribution < 1.29 is 4.79 Å². The smallest absolute Gasteiger partial charge is 0.222 e. The lowest BCUT2D eigenvalue weighted by atomic mass is 9.83. The number of pyridine rings is 1. The maximum atomic E-state index is 13.1. The summed E-state index contributed by atoms with van der Waals surface area (Å²) in [7, 11) is 2.18. The van der Waals surface area contributed by atoms with Gasteiger partial charge in [-0.05, 0) is 75.4 Å². The summed E-state index contributed by atoms with van der Waals surface area (Å²) in [5.74, 6) is 1.86. The fourth-order valence-corrected chi connectivity index (χ4v) is 5.11. The molecule has 0 unspecified atom stereocenters. The largest absolute Gasteiger partial charge is 0.342 e. The molecule has 1 amide bonds. The first-order valence-electron chi connectivity index (χ1n) is 10.8. The molecule has 4 rings (SSSR count). The van der Waals surface area contributed by atoms with Crippen LogP contribution in [0.2, 0.25) is 0 Å². The number of fused-ring (bicyclic) bond motifs is 1. The van der Waals surface area contributed by atoms with Gasteiger partial charge in [0.25, 0.3) is 0 Å². The summed E-state index contributed by atoms with van der Waals surface area (Å²) in [6.45, 7) is 8.42. The van der Waals surface area contributed by atoms with Gasteiger partial charge in [-0.25, -0.2) is 0 Å². The Hall–Kier alpha value is -1.94. The van der Waals surface area contributed by atoms with Gasteiger partial charge in [-0.15, -0.1) is 0 Å². The van der Waals surface area contributed by atoms with Crippen LogP contribution in [0.4, 0.5) is 0 Å². The van der Waals surface area contributed by atoms with Gasteiger partial charge in [-0.3, -0.25) is 9.78 Å². The molecule has 2 saturated heterocycles. The van der Waals surface area contributed by atoms with Gasteiger partial charge in [0.15, 0.2) is 0 Å². The molecular weight excluding hydrogens is 346 g/mol. The second kappa shape index (κ2) is 8.20. The minimum atomic E-state index is 0.362. The maximum absolute atomic E-state index is 13.1. The summed E-state index contributed by atoms with van der Waals surface area (Å²) in [5, 5.41) is 1.25. The Morgan fingerprint density at radius 2 is 1.96 bits per heavy atom. The molecule has 0 aliphatic carbocycles. The van der Waals surface area contributed by atoms with E-state index in [0.29, 0.717) is 23.7 Å².